The maximum Gasteiger partial charge on any atom is 0.297 e. The highest BCUT2D eigenvalue weighted by atomic mass is 32.1. The molecule has 2 aliphatic rings. The molecule has 0 saturated carbocycles. The zero-order valence-corrected chi connectivity index (χ0v) is 20.9. The average Bonchev–Trinajstić information content (AvgIpc) is 3.50. The standard InChI is InChI=1S/C28H19N3O5S/c1-14-8-11-20-16(12-14)23(32)22-24(36-20)25(33)31(27-29-18-10-9-15(35-3)13-21(18)37-27)28(22)17-6-4-5-7-19(17)30(2)26(28)34/h4-13H,1-3H3. The van der Waals surface area contributed by atoms with Crippen LogP contribution in [0.15, 0.2) is 69.9 Å². The van der Waals surface area contributed by atoms with Crippen LogP contribution in [0.3, 0.4) is 0 Å². The topological polar surface area (TPSA) is 93.0 Å². The van der Waals surface area contributed by atoms with Gasteiger partial charge >= 0.3 is 0 Å². The second-order valence-electron chi connectivity index (χ2n) is 9.20. The lowest BCUT2D eigenvalue weighted by Crippen LogP contribution is -2.53. The third-order valence-corrected chi connectivity index (χ3v) is 8.19. The van der Waals surface area contributed by atoms with Crippen molar-refractivity contribution in [2.75, 3.05) is 24.0 Å². The first kappa shape index (κ1) is 21.8. The average molecular weight is 510 g/mol. The first-order valence-electron chi connectivity index (χ1n) is 11.6. The van der Waals surface area contributed by atoms with E-state index in [0.717, 1.165) is 10.3 Å². The van der Waals surface area contributed by atoms with Crippen molar-refractivity contribution >= 4 is 55.2 Å². The van der Waals surface area contributed by atoms with Gasteiger partial charge in [0.25, 0.3) is 11.8 Å². The lowest BCUT2D eigenvalue weighted by molar-refractivity contribution is -0.121. The molecule has 5 aromatic rings. The quantitative estimate of drug-likeness (QED) is 0.345. The number of hydrogen-bond donors (Lipinski definition) is 0. The van der Waals surface area contributed by atoms with E-state index in [1.165, 1.54) is 21.1 Å². The van der Waals surface area contributed by atoms with Crippen LogP contribution in [-0.4, -0.2) is 31.0 Å². The van der Waals surface area contributed by atoms with E-state index in [-0.39, 0.29) is 16.5 Å². The minimum atomic E-state index is -1.74. The summed E-state index contributed by atoms with van der Waals surface area (Å²) in [5.74, 6) is -0.499. The molecule has 0 saturated heterocycles. The van der Waals surface area contributed by atoms with E-state index >= 15 is 0 Å². The number of thiazole rings is 1. The number of para-hydroxylation sites is 1. The number of hydrogen-bond acceptors (Lipinski definition) is 7. The van der Waals surface area contributed by atoms with E-state index < -0.39 is 22.8 Å². The molecule has 37 heavy (non-hydrogen) atoms. The van der Waals surface area contributed by atoms with Gasteiger partial charge in [-0.1, -0.05) is 41.2 Å². The van der Waals surface area contributed by atoms with Crippen molar-refractivity contribution in [2.45, 2.75) is 12.5 Å². The fourth-order valence-corrected chi connectivity index (χ4v) is 6.54. The van der Waals surface area contributed by atoms with Gasteiger partial charge < -0.3 is 14.1 Å². The Morgan fingerprint density at radius 1 is 1.03 bits per heavy atom. The first-order chi connectivity index (χ1) is 17.9. The first-order valence-corrected chi connectivity index (χ1v) is 12.4. The van der Waals surface area contributed by atoms with Crippen molar-refractivity contribution in [3.05, 3.63) is 93.3 Å². The van der Waals surface area contributed by atoms with Crippen LogP contribution in [0, 0.1) is 6.92 Å². The number of methoxy groups -OCH3 is 1. The summed E-state index contributed by atoms with van der Waals surface area (Å²) in [7, 11) is 3.22. The summed E-state index contributed by atoms with van der Waals surface area (Å²) in [6.07, 6.45) is 0. The molecule has 0 bridgehead atoms. The maximum absolute atomic E-state index is 14.3. The van der Waals surface area contributed by atoms with E-state index in [0.29, 0.717) is 33.5 Å². The van der Waals surface area contributed by atoms with Gasteiger partial charge in [-0.3, -0.25) is 19.3 Å². The summed E-state index contributed by atoms with van der Waals surface area (Å²) in [4.78, 5) is 50.1. The number of anilines is 2. The zero-order valence-electron chi connectivity index (χ0n) is 20.1. The van der Waals surface area contributed by atoms with E-state index in [9.17, 15) is 14.4 Å². The van der Waals surface area contributed by atoms with Crippen LogP contribution in [0.5, 0.6) is 5.75 Å². The molecule has 1 atom stereocenters. The summed E-state index contributed by atoms with van der Waals surface area (Å²) in [5.41, 5.74) is 0.827. The molecule has 1 unspecified atom stereocenters. The number of aromatic nitrogens is 1. The van der Waals surface area contributed by atoms with Gasteiger partial charge in [-0.15, -0.1) is 0 Å². The summed E-state index contributed by atoms with van der Waals surface area (Å²) in [6, 6.07) is 17.8. The Morgan fingerprint density at radius 3 is 2.65 bits per heavy atom. The Balaban J connectivity index is 1.61. The molecule has 1 spiro atoms. The fraction of sp³-hybridized carbons (Fsp3) is 0.143. The van der Waals surface area contributed by atoms with Gasteiger partial charge in [-0.2, -0.15) is 0 Å². The third-order valence-electron chi connectivity index (χ3n) is 7.19. The smallest absolute Gasteiger partial charge is 0.297 e. The number of likely N-dealkylation sites (N-methyl/N-ethyl adjacent to an activating group) is 1. The highest BCUT2D eigenvalue weighted by Gasteiger charge is 2.65. The number of carbonyl (C=O) groups excluding carboxylic acids is 2. The van der Waals surface area contributed by atoms with Gasteiger partial charge in [0.2, 0.25) is 5.76 Å². The molecule has 7 rings (SSSR count). The minimum Gasteiger partial charge on any atom is -0.497 e. The summed E-state index contributed by atoms with van der Waals surface area (Å²) >= 11 is 1.25. The van der Waals surface area contributed by atoms with Crippen LogP contribution < -0.4 is 20.0 Å². The summed E-state index contributed by atoms with van der Waals surface area (Å²) in [5, 5.41) is 0.611. The van der Waals surface area contributed by atoms with Gasteiger partial charge in [-0.05, 0) is 43.3 Å². The molecule has 182 valence electrons. The highest BCUT2D eigenvalue weighted by Crippen LogP contribution is 2.54. The molecule has 2 aromatic heterocycles. The predicted molar refractivity (Wildman–Crippen MR) is 141 cm³/mol. The second kappa shape index (κ2) is 7.27. The minimum absolute atomic E-state index is 0.0224. The van der Waals surface area contributed by atoms with Crippen LogP contribution in [0.4, 0.5) is 10.8 Å². The summed E-state index contributed by atoms with van der Waals surface area (Å²) < 4.78 is 12.2. The largest absolute Gasteiger partial charge is 0.497 e. The van der Waals surface area contributed by atoms with Crippen molar-refractivity contribution in [3.8, 4) is 5.75 Å². The molecule has 9 heteroatoms. The lowest BCUT2D eigenvalue weighted by atomic mass is 9.84. The molecule has 4 heterocycles. The molecular weight excluding hydrogens is 490 g/mol. The summed E-state index contributed by atoms with van der Waals surface area (Å²) in [6.45, 7) is 1.87. The number of rotatable bonds is 2. The Kier molecular flexibility index (Phi) is 4.27. The third kappa shape index (κ3) is 2.61. The van der Waals surface area contributed by atoms with Gasteiger partial charge in [0, 0.05) is 18.3 Å². The van der Waals surface area contributed by atoms with Crippen molar-refractivity contribution in [2.24, 2.45) is 0 Å². The Bertz CT molecular complexity index is 1890. The van der Waals surface area contributed by atoms with Crippen molar-refractivity contribution in [3.63, 3.8) is 0 Å². The molecule has 2 amide bonds. The Hall–Kier alpha value is -4.50. The molecule has 2 aliphatic heterocycles. The van der Waals surface area contributed by atoms with Gasteiger partial charge in [0.15, 0.2) is 16.1 Å². The van der Waals surface area contributed by atoms with Crippen molar-refractivity contribution in [1.29, 1.82) is 0 Å². The SMILES string of the molecule is COc1ccc2nc(N3C(=O)c4oc5ccc(C)cc5c(=O)c4C34C(=O)N(C)c3ccccc34)sc2c1. The maximum atomic E-state index is 14.3. The number of amides is 2. The van der Waals surface area contributed by atoms with E-state index in [4.69, 9.17) is 14.1 Å². The normalized spacial score (nSPS) is 18.4. The van der Waals surface area contributed by atoms with E-state index in [1.54, 1.807) is 56.6 Å². The van der Waals surface area contributed by atoms with Gasteiger partial charge in [0.05, 0.1) is 28.3 Å². The number of nitrogens with zero attached hydrogens (tertiary/aromatic N) is 3. The zero-order chi connectivity index (χ0) is 25.6. The van der Waals surface area contributed by atoms with Gasteiger partial charge in [0.1, 0.15) is 11.3 Å². The van der Waals surface area contributed by atoms with E-state index in [1.807, 2.05) is 25.1 Å². The molecular formula is C28H19N3O5S. The van der Waals surface area contributed by atoms with E-state index in [2.05, 4.69) is 0 Å². The number of benzene rings is 3. The fourth-order valence-electron chi connectivity index (χ4n) is 5.50. The van der Waals surface area contributed by atoms with Gasteiger partial charge in [-0.25, -0.2) is 4.98 Å². The Labute approximate surface area is 214 Å². The van der Waals surface area contributed by atoms with Crippen LogP contribution in [0.2, 0.25) is 0 Å². The molecule has 0 radical (unpaired) electrons. The van der Waals surface area contributed by atoms with Crippen LogP contribution in [-0.2, 0) is 10.3 Å². The molecule has 3 aromatic carbocycles. The van der Waals surface area contributed by atoms with Crippen molar-refractivity contribution < 1.29 is 18.7 Å². The van der Waals surface area contributed by atoms with Crippen LogP contribution in [0.1, 0.15) is 27.2 Å². The molecule has 0 aliphatic carbocycles. The number of ether oxygens (including phenoxy) is 1. The highest BCUT2D eigenvalue weighted by molar-refractivity contribution is 7.22. The number of carbonyl (C=O) groups is 2. The Morgan fingerprint density at radius 2 is 1.84 bits per heavy atom. The number of fused-ring (bicyclic) bond motifs is 6. The monoisotopic (exact) mass is 509 g/mol. The van der Waals surface area contributed by atoms with Crippen LogP contribution >= 0.6 is 11.3 Å². The number of aryl methyl sites for hydroxylation is 1. The second-order valence-corrected chi connectivity index (χ2v) is 10.2. The molecule has 0 N–H and O–H groups in total. The van der Waals surface area contributed by atoms with Crippen molar-refractivity contribution in [1.82, 2.24) is 4.98 Å². The predicted octanol–water partition coefficient (Wildman–Crippen LogP) is 4.60. The van der Waals surface area contributed by atoms with Crippen LogP contribution in [0.25, 0.3) is 21.2 Å². The molecule has 0 fully saturated rings. The molecule has 8 nitrogen and oxygen atoms in total. The lowest BCUT2D eigenvalue weighted by Gasteiger charge is -2.31.